The van der Waals surface area contributed by atoms with Crippen LogP contribution in [0.25, 0.3) is 0 Å². The van der Waals surface area contributed by atoms with Gasteiger partial charge in [-0.1, -0.05) is 23.7 Å². The Morgan fingerprint density at radius 1 is 1.21 bits per heavy atom. The fraction of sp³-hybridized carbons (Fsp3) is 0.500. The maximum absolute atomic E-state index is 13.3. The van der Waals surface area contributed by atoms with Gasteiger partial charge in [0.05, 0.1) is 19.9 Å². The molecule has 1 N–H and O–H groups in total. The van der Waals surface area contributed by atoms with Gasteiger partial charge in [-0.3, -0.25) is 9.59 Å². The van der Waals surface area contributed by atoms with Crippen molar-refractivity contribution in [3.63, 3.8) is 0 Å². The normalized spacial score (nSPS) is 17.6. The molecular weight excluding hydrogens is 480 g/mol. The fourth-order valence-electron chi connectivity index (χ4n) is 4.46. The van der Waals surface area contributed by atoms with E-state index in [0.29, 0.717) is 47.8 Å². The van der Waals surface area contributed by atoms with Crippen LogP contribution in [0.3, 0.4) is 0 Å². The van der Waals surface area contributed by atoms with Crippen molar-refractivity contribution in [2.24, 2.45) is 0 Å². The van der Waals surface area contributed by atoms with Gasteiger partial charge in [-0.25, -0.2) is 8.42 Å². The summed E-state index contributed by atoms with van der Waals surface area (Å²) in [6, 6.07) is 7.28. The maximum atomic E-state index is 13.3. The number of halogens is 1. The summed E-state index contributed by atoms with van der Waals surface area (Å²) in [6.45, 7) is 8.01. The van der Waals surface area contributed by atoms with Gasteiger partial charge >= 0.3 is 0 Å². The molecule has 1 fully saturated rings. The Bertz CT molecular complexity index is 1210. The van der Waals surface area contributed by atoms with E-state index in [1.807, 2.05) is 19.1 Å². The van der Waals surface area contributed by atoms with Gasteiger partial charge in [-0.15, -0.1) is 11.3 Å². The molecule has 1 aromatic carbocycles. The lowest BCUT2D eigenvalue weighted by molar-refractivity contribution is 0.0741. The Morgan fingerprint density at radius 3 is 2.42 bits per heavy atom. The molecule has 0 radical (unpaired) electrons. The summed E-state index contributed by atoms with van der Waals surface area (Å²) in [6.07, 6.45) is 1.72. The monoisotopic (exact) mass is 508 g/mol. The topological polar surface area (TPSA) is 83.6 Å². The molecule has 9 heteroatoms. The number of hydrogen-bond acceptors (Lipinski definition) is 5. The Kier molecular flexibility index (Phi) is 6.16. The quantitative estimate of drug-likeness (QED) is 0.627. The third-order valence-corrected chi connectivity index (χ3v) is 11.2. The van der Waals surface area contributed by atoms with E-state index in [4.69, 9.17) is 11.6 Å². The van der Waals surface area contributed by atoms with Gasteiger partial charge in [-0.2, -0.15) is 0 Å². The SMILES string of the molecule is Cc1sc2c(c1C(=O)NCc1ccc(Cl)cc1)CCN(CC1(S(=O)(=O)C(C)(C)C)CC1)C2=O. The molecule has 0 saturated heterocycles. The third kappa shape index (κ3) is 4.33. The highest BCUT2D eigenvalue weighted by Gasteiger charge is 2.59. The Morgan fingerprint density at radius 2 is 1.85 bits per heavy atom. The molecule has 0 bridgehead atoms. The number of rotatable bonds is 6. The summed E-state index contributed by atoms with van der Waals surface area (Å²) in [4.78, 5) is 29.3. The van der Waals surface area contributed by atoms with Gasteiger partial charge in [0.15, 0.2) is 9.84 Å². The van der Waals surface area contributed by atoms with E-state index in [0.717, 1.165) is 16.0 Å². The highest BCUT2D eigenvalue weighted by molar-refractivity contribution is 7.94. The second-order valence-electron chi connectivity index (χ2n) is 9.93. The van der Waals surface area contributed by atoms with Crippen molar-refractivity contribution in [3.8, 4) is 0 Å². The Balaban J connectivity index is 1.51. The van der Waals surface area contributed by atoms with Crippen molar-refractivity contribution in [1.82, 2.24) is 10.2 Å². The van der Waals surface area contributed by atoms with Gasteiger partial charge < -0.3 is 10.2 Å². The van der Waals surface area contributed by atoms with Gasteiger partial charge in [0.25, 0.3) is 11.8 Å². The van der Waals surface area contributed by atoms with Gasteiger partial charge in [0.2, 0.25) is 0 Å². The summed E-state index contributed by atoms with van der Waals surface area (Å²) >= 11 is 7.24. The standard InChI is InChI=1S/C24H29ClN2O4S2/c1-15-19(21(28)26-13-16-5-7-17(25)8-6-16)18-9-12-27(22(29)20(18)32-15)14-24(10-11-24)33(30,31)23(2,3)4/h5-8H,9-14H2,1-4H3,(H,26,28). The van der Waals surface area contributed by atoms with Gasteiger partial charge in [0.1, 0.15) is 0 Å². The van der Waals surface area contributed by atoms with Crippen LogP contribution in [0.4, 0.5) is 0 Å². The number of benzene rings is 1. The zero-order valence-corrected chi connectivity index (χ0v) is 21.7. The van der Waals surface area contributed by atoms with Crippen molar-refractivity contribution in [2.45, 2.75) is 63.0 Å². The number of hydrogen-bond donors (Lipinski definition) is 1. The molecule has 1 saturated carbocycles. The molecule has 4 rings (SSSR count). The molecule has 2 amide bonds. The fourth-order valence-corrected chi connectivity index (χ4v) is 8.02. The lowest BCUT2D eigenvalue weighted by Gasteiger charge is -2.33. The van der Waals surface area contributed by atoms with Crippen LogP contribution < -0.4 is 5.32 Å². The third-order valence-electron chi connectivity index (χ3n) is 6.55. The minimum atomic E-state index is -3.38. The molecule has 33 heavy (non-hydrogen) atoms. The smallest absolute Gasteiger partial charge is 0.264 e. The first kappa shape index (κ1) is 24.2. The zero-order valence-electron chi connectivity index (χ0n) is 19.3. The molecule has 1 aliphatic carbocycles. The first-order valence-electron chi connectivity index (χ1n) is 11.0. The molecule has 0 unspecified atom stereocenters. The van der Waals surface area contributed by atoms with E-state index in [-0.39, 0.29) is 18.4 Å². The summed E-state index contributed by atoms with van der Waals surface area (Å²) < 4.78 is 24.5. The number of fused-ring (bicyclic) bond motifs is 1. The van der Waals surface area contributed by atoms with Crippen LogP contribution in [-0.4, -0.2) is 47.7 Å². The lowest BCUT2D eigenvalue weighted by Crippen LogP contribution is -2.49. The highest BCUT2D eigenvalue weighted by atomic mass is 35.5. The largest absolute Gasteiger partial charge is 0.348 e. The molecule has 178 valence electrons. The zero-order chi connectivity index (χ0) is 24.2. The molecule has 2 aliphatic rings. The van der Waals surface area contributed by atoms with E-state index in [2.05, 4.69) is 5.32 Å². The average Bonchev–Trinajstić information content (AvgIpc) is 3.45. The van der Waals surface area contributed by atoms with E-state index in [9.17, 15) is 18.0 Å². The van der Waals surface area contributed by atoms with E-state index >= 15 is 0 Å². The van der Waals surface area contributed by atoms with E-state index < -0.39 is 19.3 Å². The second-order valence-corrected chi connectivity index (χ2v) is 14.7. The molecule has 2 heterocycles. The summed E-state index contributed by atoms with van der Waals surface area (Å²) in [5.74, 6) is -0.369. The van der Waals surface area contributed by atoms with Crippen LogP contribution in [0, 0.1) is 6.92 Å². The van der Waals surface area contributed by atoms with Crippen LogP contribution in [0.2, 0.25) is 5.02 Å². The van der Waals surface area contributed by atoms with Crippen molar-refractivity contribution in [2.75, 3.05) is 13.1 Å². The number of carbonyl (C=O) groups is 2. The number of sulfone groups is 1. The summed E-state index contributed by atoms with van der Waals surface area (Å²) in [5, 5.41) is 3.58. The number of aryl methyl sites for hydroxylation is 1. The minimum absolute atomic E-state index is 0.170. The number of thiophene rings is 1. The van der Waals surface area contributed by atoms with Crippen LogP contribution in [0.15, 0.2) is 24.3 Å². The van der Waals surface area contributed by atoms with Crippen molar-refractivity contribution in [1.29, 1.82) is 0 Å². The average molecular weight is 509 g/mol. The summed E-state index contributed by atoms with van der Waals surface area (Å²) in [7, 11) is -3.38. The van der Waals surface area contributed by atoms with Gasteiger partial charge in [0, 0.05) is 29.5 Å². The molecule has 1 aliphatic heterocycles. The molecule has 6 nitrogen and oxygen atoms in total. The Labute approximate surface area is 204 Å². The first-order valence-corrected chi connectivity index (χ1v) is 13.7. The molecule has 1 aromatic heterocycles. The van der Waals surface area contributed by atoms with Crippen LogP contribution in [0.1, 0.15) is 69.6 Å². The maximum Gasteiger partial charge on any atom is 0.264 e. The van der Waals surface area contributed by atoms with Crippen molar-refractivity contribution >= 4 is 44.6 Å². The summed E-state index contributed by atoms with van der Waals surface area (Å²) in [5.41, 5.74) is 2.28. The van der Waals surface area contributed by atoms with Crippen LogP contribution in [0.5, 0.6) is 0 Å². The number of carbonyl (C=O) groups excluding carboxylic acids is 2. The molecule has 0 atom stereocenters. The van der Waals surface area contributed by atoms with Crippen molar-refractivity contribution in [3.05, 3.63) is 55.7 Å². The van der Waals surface area contributed by atoms with Crippen LogP contribution >= 0.6 is 22.9 Å². The number of nitrogens with zero attached hydrogens (tertiary/aromatic N) is 1. The predicted molar refractivity (Wildman–Crippen MR) is 132 cm³/mol. The predicted octanol–water partition coefficient (Wildman–Crippen LogP) is 4.38. The lowest BCUT2D eigenvalue weighted by atomic mass is 10.0. The molecule has 0 spiro atoms. The first-order chi connectivity index (χ1) is 15.4. The number of nitrogens with one attached hydrogen (secondary N) is 1. The second kappa shape index (κ2) is 8.40. The highest BCUT2D eigenvalue weighted by Crippen LogP contribution is 2.49. The molecule has 2 aromatic rings. The van der Waals surface area contributed by atoms with Crippen LogP contribution in [-0.2, 0) is 22.8 Å². The van der Waals surface area contributed by atoms with E-state index in [1.54, 1.807) is 37.8 Å². The van der Waals surface area contributed by atoms with Crippen molar-refractivity contribution < 1.29 is 18.0 Å². The number of amides is 2. The Hall–Kier alpha value is -1.90. The van der Waals surface area contributed by atoms with E-state index in [1.165, 1.54) is 11.3 Å². The minimum Gasteiger partial charge on any atom is -0.348 e. The molecular formula is C24H29ClN2O4S2. The van der Waals surface area contributed by atoms with Gasteiger partial charge in [-0.05, 0) is 70.2 Å².